The van der Waals surface area contributed by atoms with Crippen molar-refractivity contribution in [1.82, 2.24) is 24.9 Å². The molecule has 146 valence electrons. The number of benzene rings is 2. The highest BCUT2D eigenvalue weighted by atomic mass is 32.2. The van der Waals surface area contributed by atoms with Crippen molar-refractivity contribution in [2.45, 2.75) is 18.2 Å². The number of aryl methyl sites for hydroxylation is 1. The molecule has 0 aliphatic rings. The molecule has 0 aliphatic carbocycles. The lowest BCUT2D eigenvalue weighted by atomic mass is 10.2. The highest BCUT2D eigenvalue weighted by molar-refractivity contribution is 7.89. The Morgan fingerprint density at radius 2 is 1.93 bits per heavy atom. The van der Waals surface area contributed by atoms with E-state index in [0.717, 1.165) is 0 Å². The van der Waals surface area contributed by atoms with Crippen molar-refractivity contribution in [2.75, 3.05) is 11.9 Å². The summed E-state index contributed by atoms with van der Waals surface area (Å²) in [6.07, 6.45) is -0.167. The van der Waals surface area contributed by atoms with Gasteiger partial charge in [-0.1, -0.05) is 18.2 Å². The number of aromatic nitrogens is 4. The van der Waals surface area contributed by atoms with Crippen LogP contribution in [0.4, 0.5) is 10.1 Å². The van der Waals surface area contributed by atoms with Crippen molar-refractivity contribution in [2.24, 2.45) is 0 Å². The molecule has 0 spiro atoms. The van der Waals surface area contributed by atoms with Crippen LogP contribution >= 0.6 is 0 Å². The lowest BCUT2D eigenvalue weighted by Crippen LogP contribution is -2.28. The van der Waals surface area contributed by atoms with Crippen molar-refractivity contribution in [3.8, 4) is 5.69 Å². The first-order chi connectivity index (χ1) is 13.4. The van der Waals surface area contributed by atoms with Gasteiger partial charge in [0, 0.05) is 13.0 Å². The lowest BCUT2D eigenvalue weighted by Gasteiger charge is -2.10. The topological polar surface area (TPSA) is 119 Å². The first-order valence-corrected chi connectivity index (χ1v) is 9.74. The molecule has 0 bridgehead atoms. The minimum absolute atomic E-state index is 0.0525. The van der Waals surface area contributed by atoms with E-state index in [1.807, 2.05) is 0 Å². The maximum Gasteiger partial charge on any atom is 0.240 e. The Bertz CT molecular complexity index is 1090. The van der Waals surface area contributed by atoms with Crippen LogP contribution in [0.25, 0.3) is 5.69 Å². The number of halogens is 1. The molecule has 2 N–H and O–H groups in total. The third kappa shape index (κ3) is 4.56. The number of carbonyl (C=O) groups excluding carboxylic acids is 1. The van der Waals surface area contributed by atoms with Crippen LogP contribution in [-0.4, -0.2) is 41.1 Å². The third-order valence-corrected chi connectivity index (χ3v) is 5.27. The highest BCUT2D eigenvalue weighted by Gasteiger charge is 2.15. The molecule has 0 saturated carbocycles. The summed E-state index contributed by atoms with van der Waals surface area (Å²) in [4.78, 5) is 12.2. The Kier molecular flexibility index (Phi) is 5.76. The number of nitrogens with zero attached hydrogens (tertiary/aromatic N) is 4. The standard InChI is InChI=1S/C17H17FN6O3S/c1-12-21-22-23-24(12)13-7-8-15(18)16(11-13)20-17(25)9-10-19-28(26,27)14-5-3-2-4-6-14/h2-8,11,19H,9-10H2,1H3,(H,20,25). The van der Waals surface area contributed by atoms with Gasteiger partial charge in [-0.15, -0.1) is 5.10 Å². The summed E-state index contributed by atoms with van der Waals surface area (Å²) in [5.41, 5.74) is 0.423. The van der Waals surface area contributed by atoms with Crippen LogP contribution in [0.3, 0.4) is 0 Å². The molecular formula is C17H17FN6O3S. The maximum absolute atomic E-state index is 14.0. The fourth-order valence-electron chi connectivity index (χ4n) is 2.41. The molecule has 0 saturated heterocycles. The van der Waals surface area contributed by atoms with E-state index in [2.05, 4.69) is 25.6 Å². The number of tetrazole rings is 1. The molecule has 2 aromatic carbocycles. The van der Waals surface area contributed by atoms with Crippen molar-refractivity contribution >= 4 is 21.6 Å². The van der Waals surface area contributed by atoms with Gasteiger partial charge in [-0.05, 0) is 47.7 Å². The molecular weight excluding hydrogens is 387 g/mol. The van der Waals surface area contributed by atoms with Crippen molar-refractivity contribution in [3.63, 3.8) is 0 Å². The Hall–Kier alpha value is -3.18. The molecule has 9 nitrogen and oxygen atoms in total. The normalized spacial score (nSPS) is 11.4. The van der Waals surface area contributed by atoms with Gasteiger partial charge in [0.15, 0.2) is 5.82 Å². The van der Waals surface area contributed by atoms with Crippen LogP contribution in [0.2, 0.25) is 0 Å². The molecule has 28 heavy (non-hydrogen) atoms. The van der Waals surface area contributed by atoms with E-state index >= 15 is 0 Å². The molecule has 1 aromatic heterocycles. The van der Waals surface area contributed by atoms with E-state index in [4.69, 9.17) is 0 Å². The number of sulfonamides is 1. The van der Waals surface area contributed by atoms with E-state index in [0.29, 0.717) is 11.5 Å². The summed E-state index contributed by atoms with van der Waals surface area (Å²) < 4.78 is 42.0. The van der Waals surface area contributed by atoms with Gasteiger partial charge in [-0.25, -0.2) is 17.5 Å². The SMILES string of the molecule is Cc1nnnn1-c1ccc(F)c(NC(=O)CCNS(=O)(=O)c2ccccc2)c1. The Balaban J connectivity index is 1.62. The fraction of sp³-hybridized carbons (Fsp3) is 0.176. The highest BCUT2D eigenvalue weighted by Crippen LogP contribution is 2.19. The van der Waals surface area contributed by atoms with Crippen LogP contribution in [0, 0.1) is 12.7 Å². The third-order valence-electron chi connectivity index (χ3n) is 3.79. The quantitative estimate of drug-likeness (QED) is 0.615. The monoisotopic (exact) mass is 404 g/mol. The summed E-state index contributed by atoms with van der Waals surface area (Å²) in [6, 6.07) is 11.9. The van der Waals surface area contributed by atoms with Gasteiger partial charge in [-0.2, -0.15) is 4.68 Å². The van der Waals surface area contributed by atoms with E-state index in [1.165, 1.54) is 35.0 Å². The summed E-state index contributed by atoms with van der Waals surface area (Å²) in [7, 11) is -3.71. The van der Waals surface area contributed by atoms with E-state index < -0.39 is 21.7 Å². The zero-order valence-electron chi connectivity index (χ0n) is 14.8. The number of hydrogen-bond acceptors (Lipinski definition) is 6. The molecule has 0 fully saturated rings. The van der Waals surface area contributed by atoms with Gasteiger partial charge in [0.2, 0.25) is 15.9 Å². The largest absolute Gasteiger partial charge is 0.323 e. The number of amides is 1. The van der Waals surface area contributed by atoms with Crippen molar-refractivity contribution in [1.29, 1.82) is 0 Å². The average molecular weight is 404 g/mol. The summed E-state index contributed by atoms with van der Waals surface area (Å²) >= 11 is 0. The lowest BCUT2D eigenvalue weighted by molar-refractivity contribution is -0.116. The second-order valence-corrected chi connectivity index (χ2v) is 7.58. The van der Waals surface area contributed by atoms with Gasteiger partial charge in [0.05, 0.1) is 16.3 Å². The predicted octanol–water partition coefficient (Wildman–Crippen LogP) is 1.42. The summed E-state index contributed by atoms with van der Waals surface area (Å²) in [6.45, 7) is 1.55. The molecule has 1 amide bonds. The summed E-state index contributed by atoms with van der Waals surface area (Å²) in [5, 5.41) is 13.5. The molecule has 0 atom stereocenters. The Morgan fingerprint density at radius 1 is 1.18 bits per heavy atom. The second-order valence-electron chi connectivity index (χ2n) is 5.81. The summed E-state index contributed by atoms with van der Waals surface area (Å²) in [5.74, 6) is -0.674. The average Bonchev–Trinajstić information content (AvgIpc) is 3.10. The smallest absolute Gasteiger partial charge is 0.240 e. The van der Waals surface area contributed by atoms with E-state index in [1.54, 1.807) is 25.1 Å². The number of carbonyl (C=O) groups is 1. The van der Waals surface area contributed by atoms with Gasteiger partial charge in [0.1, 0.15) is 5.82 Å². The Labute approximate surface area is 160 Å². The molecule has 11 heteroatoms. The molecule has 0 aliphatic heterocycles. The van der Waals surface area contributed by atoms with Gasteiger partial charge in [0.25, 0.3) is 0 Å². The number of nitrogens with one attached hydrogen (secondary N) is 2. The minimum Gasteiger partial charge on any atom is -0.323 e. The van der Waals surface area contributed by atoms with E-state index in [-0.39, 0.29) is 23.5 Å². The van der Waals surface area contributed by atoms with Crippen molar-refractivity contribution in [3.05, 3.63) is 60.2 Å². The van der Waals surface area contributed by atoms with Crippen LogP contribution in [0.5, 0.6) is 0 Å². The van der Waals surface area contributed by atoms with E-state index in [9.17, 15) is 17.6 Å². The number of rotatable bonds is 7. The van der Waals surface area contributed by atoms with Gasteiger partial charge < -0.3 is 5.32 Å². The molecule has 3 rings (SSSR count). The molecule has 1 heterocycles. The first kappa shape index (κ1) is 19.6. The molecule has 3 aromatic rings. The van der Waals surface area contributed by atoms with Crippen LogP contribution < -0.4 is 10.0 Å². The fourth-order valence-corrected chi connectivity index (χ4v) is 3.46. The molecule has 0 radical (unpaired) electrons. The molecule has 0 unspecified atom stereocenters. The van der Waals surface area contributed by atoms with Crippen LogP contribution in [0.15, 0.2) is 53.4 Å². The second kappa shape index (κ2) is 8.23. The zero-order chi connectivity index (χ0) is 20.1. The predicted molar refractivity (Wildman–Crippen MR) is 98.7 cm³/mol. The van der Waals surface area contributed by atoms with Crippen LogP contribution in [0.1, 0.15) is 12.2 Å². The van der Waals surface area contributed by atoms with Crippen LogP contribution in [-0.2, 0) is 14.8 Å². The maximum atomic E-state index is 14.0. The Morgan fingerprint density at radius 3 is 2.61 bits per heavy atom. The zero-order valence-corrected chi connectivity index (χ0v) is 15.6. The first-order valence-electron chi connectivity index (χ1n) is 8.26. The van der Waals surface area contributed by atoms with Crippen molar-refractivity contribution < 1.29 is 17.6 Å². The number of hydrogen-bond donors (Lipinski definition) is 2. The van der Waals surface area contributed by atoms with Gasteiger partial charge in [-0.3, -0.25) is 4.79 Å². The minimum atomic E-state index is -3.71. The van der Waals surface area contributed by atoms with Gasteiger partial charge >= 0.3 is 0 Å². The number of anilines is 1.